The van der Waals surface area contributed by atoms with E-state index in [4.69, 9.17) is 10.4 Å². The predicted octanol–water partition coefficient (Wildman–Crippen LogP) is 1.52. The van der Waals surface area contributed by atoms with E-state index in [-0.39, 0.29) is 0 Å². The first-order valence-electron chi connectivity index (χ1n) is 4.87. The topological polar surface area (TPSA) is 65.9 Å². The standard InChI is InChI=1S/C10H12N4S/c11-7-8-9(14-5-1-2-6-14)3-4-13-10(8)15-12/h3-4H,1-2,5-6,12H2. The van der Waals surface area contributed by atoms with Crippen molar-refractivity contribution in [3.8, 4) is 6.07 Å². The average molecular weight is 220 g/mol. The molecule has 15 heavy (non-hydrogen) atoms. The molecule has 4 nitrogen and oxygen atoms in total. The van der Waals surface area contributed by atoms with Crippen LogP contribution < -0.4 is 10.0 Å². The van der Waals surface area contributed by atoms with E-state index in [1.807, 2.05) is 6.07 Å². The molecule has 2 N–H and O–H groups in total. The van der Waals surface area contributed by atoms with E-state index in [1.54, 1.807) is 6.20 Å². The summed E-state index contributed by atoms with van der Waals surface area (Å²) in [5, 5.41) is 15.2. The Morgan fingerprint density at radius 2 is 2.20 bits per heavy atom. The Morgan fingerprint density at radius 1 is 1.47 bits per heavy atom. The molecule has 1 aromatic rings. The highest BCUT2D eigenvalue weighted by Gasteiger charge is 2.18. The van der Waals surface area contributed by atoms with Crippen LogP contribution >= 0.6 is 11.9 Å². The lowest BCUT2D eigenvalue weighted by Gasteiger charge is -2.19. The van der Waals surface area contributed by atoms with Gasteiger partial charge < -0.3 is 4.90 Å². The molecule has 1 aromatic heterocycles. The third-order valence-electron chi connectivity index (χ3n) is 2.56. The number of nitriles is 1. The molecule has 5 heteroatoms. The summed E-state index contributed by atoms with van der Waals surface area (Å²) in [7, 11) is 0. The van der Waals surface area contributed by atoms with Gasteiger partial charge in [-0.25, -0.2) is 4.98 Å². The molecule has 1 aliphatic rings. The van der Waals surface area contributed by atoms with E-state index in [2.05, 4.69) is 16.0 Å². The Hall–Kier alpha value is -1.25. The van der Waals surface area contributed by atoms with Crippen LogP contribution in [0.1, 0.15) is 18.4 Å². The number of pyridine rings is 1. The van der Waals surface area contributed by atoms with Gasteiger partial charge in [-0.2, -0.15) is 5.26 Å². The predicted molar refractivity (Wildman–Crippen MR) is 60.4 cm³/mol. The normalized spacial score (nSPS) is 15.3. The lowest BCUT2D eigenvalue weighted by atomic mass is 10.2. The van der Waals surface area contributed by atoms with E-state index < -0.39 is 0 Å². The molecule has 1 aliphatic heterocycles. The summed E-state index contributed by atoms with van der Waals surface area (Å²) < 4.78 is 0. The summed E-state index contributed by atoms with van der Waals surface area (Å²) in [5.41, 5.74) is 1.57. The van der Waals surface area contributed by atoms with Crippen LogP contribution in [-0.4, -0.2) is 18.1 Å². The lowest BCUT2D eigenvalue weighted by Crippen LogP contribution is -2.19. The molecule has 1 saturated heterocycles. The van der Waals surface area contributed by atoms with E-state index in [1.165, 1.54) is 12.8 Å². The van der Waals surface area contributed by atoms with Crippen molar-refractivity contribution in [3.05, 3.63) is 17.8 Å². The molecular formula is C10H12N4S. The van der Waals surface area contributed by atoms with Gasteiger partial charge in [0, 0.05) is 19.3 Å². The maximum Gasteiger partial charge on any atom is 0.131 e. The fourth-order valence-electron chi connectivity index (χ4n) is 1.85. The van der Waals surface area contributed by atoms with Crippen LogP contribution in [0.4, 0.5) is 5.69 Å². The Kier molecular flexibility index (Phi) is 3.09. The van der Waals surface area contributed by atoms with Gasteiger partial charge in [-0.3, -0.25) is 5.14 Å². The van der Waals surface area contributed by atoms with Gasteiger partial charge in [0.15, 0.2) is 0 Å². The molecule has 78 valence electrons. The first-order valence-corrected chi connectivity index (χ1v) is 5.75. The molecule has 1 fully saturated rings. The molecule has 0 aromatic carbocycles. The van der Waals surface area contributed by atoms with E-state index in [9.17, 15) is 0 Å². The molecule has 0 amide bonds. The van der Waals surface area contributed by atoms with E-state index in [0.717, 1.165) is 30.7 Å². The minimum atomic E-state index is 0.604. The van der Waals surface area contributed by atoms with Crippen molar-refractivity contribution in [2.24, 2.45) is 5.14 Å². The second-order valence-electron chi connectivity index (χ2n) is 3.43. The summed E-state index contributed by atoms with van der Waals surface area (Å²) in [6, 6.07) is 4.08. The van der Waals surface area contributed by atoms with Gasteiger partial charge >= 0.3 is 0 Å². The van der Waals surface area contributed by atoms with Gasteiger partial charge in [-0.05, 0) is 30.9 Å². The third-order valence-corrected chi connectivity index (χ3v) is 3.10. The van der Waals surface area contributed by atoms with Gasteiger partial charge in [-0.1, -0.05) is 0 Å². The van der Waals surface area contributed by atoms with Gasteiger partial charge in [0.25, 0.3) is 0 Å². The Labute approximate surface area is 93.2 Å². The van der Waals surface area contributed by atoms with Crippen molar-refractivity contribution in [1.29, 1.82) is 5.26 Å². The molecule has 0 radical (unpaired) electrons. The number of anilines is 1. The fourth-order valence-corrected chi connectivity index (χ4v) is 2.24. The van der Waals surface area contributed by atoms with Gasteiger partial charge in [0.05, 0.1) is 5.69 Å². The molecule has 2 heterocycles. The Bertz CT molecular complexity index is 393. The maximum atomic E-state index is 9.11. The van der Waals surface area contributed by atoms with Crippen molar-refractivity contribution in [1.82, 2.24) is 4.98 Å². The van der Waals surface area contributed by atoms with Crippen LogP contribution in [0.5, 0.6) is 0 Å². The van der Waals surface area contributed by atoms with Crippen LogP contribution in [0.25, 0.3) is 0 Å². The monoisotopic (exact) mass is 220 g/mol. The molecule has 0 bridgehead atoms. The highest BCUT2D eigenvalue weighted by molar-refractivity contribution is 7.97. The van der Waals surface area contributed by atoms with E-state index in [0.29, 0.717) is 10.6 Å². The SMILES string of the molecule is N#Cc1c(N2CCCC2)ccnc1SN. The summed E-state index contributed by atoms with van der Waals surface area (Å²) >= 11 is 1.03. The molecule has 0 spiro atoms. The van der Waals surface area contributed by atoms with Gasteiger partial charge in [-0.15, -0.1) is 0 Å². The Morgan fingerprint density at radius 3 is 2.80 bits per heavy atom. The van der Waals surface area contributed by atoms with Crippen LogP contribution in [0.3, 0.4) is 0 Å². The van der Waals surface area contributed by atoms with Crippen LogP contribution in [0.2, 0.25) is 0 Å². The van der Waals surface area contributed by atoms with Crippen LogP contribution in [0.15, 0.2) is 17.3 Å². The molecule has 0 atom stereocenters. The number of rotatable bonds is 2. The largest absolute Gasteiger partial charge is 0.370 e. The lowest BCUT2D eigenvalue weighted by molar-refractivity contribution is 0.949. The highest BCUT2D eigenvalue weighted by atomic mass is 32.2. The van der Waals surface area contributed by atoms with Crippen molar-refractivity contribution < 1.29 is 0 Å². The number of aromatic nitrogens is 1. The summed E-state index contributed by atoms with van der Waals surface area (Å²) in [4.78, 5) is 6.31. The van der Waals surface area contributed by atoms with Gasteiger partial charge in [0.1, 0.15) is 16.7 Å². The Balaban J connectivity index is 2.42. The molecular weight excluding hydrogens is 208 g/mol. The van der Waals surface area contributed by atoms with Crippen molar-refractivity contribution >= 4 is 17.6 Å². The number of nitrogens with zero attached hydrogens (tertiary/aromatic N) is 3. The van der Waals surface area contributed by atoms with Crippen molar-refractivity contribution in [3.63, 3.8) is 0 Å². The van der Waals surface area contributed by atoms with Crippen LogP contribution in [0, 0.1) is 11.3 Å². The van der Waals surface area contributed by atoms with Gasteiger partial charge in [0.2, 0.25) is 0 Å². The smallest absolute Gasteiger partial charge is 0.131 e. The van der Waals surface area contributed by atoms with Crippen LogP contribution in [-0.2, 0) is 0 Å². The third kappa shape index (κ3) is 1.91. The number of nitrogens with two attached hydrogens (primary N) is 1. The second kappa shape index (κ2) is 4.51. The average Bonchev–Trinajstić information content (AvgIpc) is 2.81. The number of hydrogen-bond acceptors (Lipinski definition) is 5. The fraction of sp³-hybridized carbons (Fsp3) is 0.400. The van der Waals surface area contributed by atoms with Crippen molar-refractivity contribution in [2.75, 3.05) is 18.0 Å². The number of hydrogen-bond donors (Lipinski definition) is 1. The zero-order valence-corrected chi connectivity index (χ0v) is 9.13. The summed E-state index contributed by atoms with van der Waals surface area (Å²) in [6.07, 6.45) is 4.10. The minimum Gasteiger partial charge on any atom is -0.370 e. The first kappa shape index (κ1) is 10.3. The molecule has 0 unspecified atom stereocenters. The summed E-state index contributed by atoms with van der Waals surface area (Å²) in [6.45, 7) is 2.04. The highest BCUT2D eigenvalue weighted by Crippen LogP contribution is 2.28. The maximum absolute atomic E-state index is 9.11. The zero-order chi connectivity index (χ0) is 10.7. The zero-order valence-electron chi connectivity index (χ0n) is 8.31. The van der Waals surface area contributed by atoms with E-state index >= 15 is 0 Å². The molecule has 0 aliphatic carbocycles. The molecule has 0 saturated carbocycles. The van der Waals surface area contributed by atoms with Crippen molar-refractivity contribution in [2.45, 2.75) is 17.9 Å². The first-order chi connectivity index (χ1) is 7.36. The summed E-state index contributed by atoms with van der Waals surface area (Å²) in [5.74, 6) is 0. The minimum absolute atomic E-state index is 0.604. The quantitative estimate of drug-likeness (QED) is 0.765. The molecule has 2 rings (SSSR count). The second-order valence-corrected chi connectivity index (χ2v) is 4.06.